The molecule has 1 fully saturated rings. The molecule has 16 heavy (non-hydrogen) atoms. The zero-order valence-corrected chi connectivity index (χ0v) is 10.7. The predicted molar refractivity (Wildman–Crippen MR) is 66.2 cm³/mol. The fraction of sp³-hybridized carbons (Fsp3) is 0.636. The van der Waals surface area contributed by atoms with Crippen molar-refractivity contribution in [3.05, 3.63) is 17.0 Å². The van der Waals surface area contributed by atoms with Crippen molar-refractivity contribution in [1.29, 1.82) is 0 Å². The van der Waals surface area contributed by atoms with Gasteiger partial charge < -0.3 is 10.4 Å². The van der Waals surface area contributed by atoms with Crippen LogP contribution < -0.4 is 5.32 Å². The molecule has 4 nitrogen and oxygen atoms in total. The summed E-state index contributed by atoms with van der Waals surface area (Å²) >= 11 is 3.40. The zero-order chi connectivity index (χ0) is 11.4. The number of nitrogens with one attached hydrogen (secondary N) is 1. The lowest BCUT2D eigenvalue weighted by Crippen LogP contribution is -2.23. The lowest BCUT2D eigenvalue weighted by atomic mass is 9.87. The lowest BCUT2D eigenvalue weighted by Gasteiger charge is -2.25. The van der Waals surface area contributed by atoms with Gasteiger partial charge in [0.25, 0.3) is 0 Å². The third-order valence-electron chi connectivity index (χ3n) is 3.04. The molecule has 1 aliphatic carbocycles. The number of halogens is 1. The quantitative estimate of drug-likeness (QED) is 0.894. The van der Waals surface area contributed by atoms with Crippen LogP contribution in [0.4, 0.5) is 5.82 Å². The van der Waals surface area contributed by atoms with E-state index in [4.69, 9.17) is 0 Å². The summed E-state index contributed by atoms with van der Waals surface area (Å²) in [5, 5.41) is 12.7. The molecule has 88 valence electrons. The van der Waals surface area contributed by atoms with Gasteiger partial charge in [-0.1, -0.05) is 0 Å². The summed E-state index contributed by atoms with van der Waals surface area (Å²) in [6.07, 6.45) is 7.24. The van der Waals surface area contributed by atoms with Crippen molar-refractivity contribution in [3.63, 3.8) is 0 Å². The molecule has 0 bridgehead atoms. The fourth-order valence-corrected chi connectivity index (χ4v) is 2.39. The first-order valence-corrected chi connectivity index (χ1v) is 6.42. The van der Waals surface area contributed by atoms with Gasteiger partial charge in [-0.15, -0.1) is 0 Å². The van der Waals surface area contributed by atoms with Crippen LogP contribution in [0.15, 0.2) is 17.0 Å². The normalized spacial score (nSPS) is 25.4. The highest BCUT2D eigenvalue weighted by molar-refractivity contribution is 9.10. The number of hydrogen-bond acceptors (Lipinski definition) is 4. The average Bonchev–Trinajstić information content (AvgIpc) is 2.30. The third kappa shape index (κ3) is 3.15. The van der Waals surface area contributed by atoms with Gasteiger partial charge in [-0.25, -0.2) is 9.97 Å². The highest BCUT2D eigenvalue weighted by atomic mass is 79.9. The van der Waals surface area contributed by atoms with Gasteiger partial charge in [-0.2, -0.15) is 0 Å². The first-order valence-electron chi connectivity index (χ1n) is 5.63. The van der Waals surface area contributed by atoms with E-state index < -0.39 is 0 Å². The molecular weight excluding hydrogens is 270 g/mol. The minimum atomic E-state index is -0.0814. The highest BCUT2D eigenvalue weighted by Gasteiger charge is 2.19. The Morgan fingerprint density at radius 1 is 1.38 bits per heavy atom. The maximum absolute atomic E-state index is 9.41. The Balaban J connectivity index is 1.81. The predicted octanol–water partition coefficient (Wildman–Crippen LogP) is 2.20. The van der Waals surface area contributed by atoms with Crippen LogP contribution in [0.3, 0.4) is 0 Å². The van der Waals surface area contributed by atoms with Crippen LogP contribution in [0.25, 0.3) is 0 Å². The molecule has 1 aromatic rings. The molecule has 0 aromatic carbocycles. The second kappa shape index (κ2) is 5.59. The van der Waals surface area contributed by atoms with Gasteiger partial charge in [0.1, 0.15) is 12.1 Å². The van der Waals surface area contributed by atoms with Crippen LogP contribution in [0.2, 0.25) is 0 Å². The first-order chi connectivity index (χ1) is 7.75. The fourth-order valence-electron chi connectivity index (χ4n) is 2.03. The van der Waals surface area contributed by atoms with Gasteiger partial charge in [0.15, 0.2) is 0 Å². The second-order valence-corrected chi connectivity index (χ2v) is 5.13. The van der Waals surface area contributed by atoms with Crippen molar-refractivity contribution >= 4 is 21.7 Å². The molecule has 2 N–H and O–H groups in total. The Bertz CT molecular complexity index is 340. The Labute approximate surface area is 104 Å². The Morgan fingerprint density at radius 3 is 2.81 bits per heavy atom. The summed E-state index contributed by atoms with van der Waals surface area (Å²) < 4.78 is 0.894. The van der Waals surface area contributed by atoms with Gasteiger partial charge >= 0.3 is 0 Å². The molecule has 0 amide bonds. The standard InChI is InChI=1S/C11H16BrN3O/c12-10-6-13-7-15-11(10)14-5-8-1-3-9(16)4-2-8/h6-9,16H,1-5H2,(H,13,14,15). The number of nitrogens with zero attached hydrogens (tertiary/aromatic N) is 2. The molecule has 1 saturated carbocycles. The number of aliphatic hydroxyl groups is 1. The van der Waals surface area contributed by atoms with E-state index >= 15 is 0 Å². The van der Waals surface area contributed by atoms with E-state index in [0.29, 0.717) is 5.92 Å². The monoisotopic (exact) mass is 285 g/mol. The third-order valence-corrected chi connectivity index (χ3v) is 3.62. The number of aromatic nitrogens is 2. The van der Waals surface area contributed by atoms with Crippen molar-refractivity contribution in [2.75, 3.05) is 11.9 Å². The number of anilines is 1. The van der Waals surface area contributed by atoms with Crippen molar-refractivity contribution < 1.29 is 5.11 Å². The molecule has 1 aromatic heterocycles. The molecule has 0 radical (unpaired) electrons. The SMILES string of the molecule is OC1CCC(CNc2ncncc2Br)CC1. The van der Waals surface area contributed by atoms with Crippen molar-refractivity contribution in [2.24, 2.45) is 5.92 Å². The van der Waals surface area contributed by atoms with Crippen LogP contribution in [0, 0.1) is 5.92 Å². The molecule has 2 rings (SSSR count). The van der Waals surface area contributed by atoms with Gasteiger partial charge in [0, 0.05) is 12.7 Å². The molecule has 0 atom stereocenters. The minimum absolute atomic E-state index is 0.0814. The topological polar surface area (TPSA) is 58.0 Å². The summed E-state index contributed by atoms with van der Waals surface area (Å²) in [4.78, 5) is 8.08. The maximum Gasteiger partial charge on any atom is 0.143 e. The summed E-state index contributed by atoms with van der Waals surface area (Å²) in [5.74, 6) is 1.49. The van der Waals surface area contributed by atoms with E-state index in [2.05, 4.69) is 31.2 Å². The Morgan fingerprint density at radius 2 is 2.12 bits per heavy atom. The van der Waals surface area contributed by atoms with Crippen LogP contribution in [0.1, 0.15) is 25.7 Å². The second-order valence-electron chi connectivity index (χ2n) is 4.27. The van der Waals surface area contributed by atoms with E-state index in [1.165, 1.54) is 6.33 Å². The van der Waals surface area contributed by atoms with E-state index in [0.717, 1.165) is 42.5 Å². The Kier molecular flexibility index (Phi) is 4.12. The van der Waals surface area contributed by atoms with Gasteiger partial charge in [-0.05, 0) is 47.5 Å². The van der Waals surface area contributed by atoms with Gasteiger partial charge in [0.05, 0.1) is 10.6 Å². The molecule has 0 spiro atoms. The average molecular weight is 286 g/mol. The van der Waals surface area contributed by atoms with Crippen molar-refractivity contribution in [1.82, 2.24) is 9.97 Å². The van der Waals surface area contributed by atoms with Crippen molar-refractivity contribution in [3.8, 4) is 0 Å². The van der Waals surface area contributed by atoms with Gasteiger partial charge in [0.2, 0.25) is 0 Å². The molecule has 0 aliphatic heterocycles. The molecule has 1 aliphatic rings. The van der Waals surface area contributed by atoms with E-state index in [1.54, 1.807) is 6.20 Å². The molecule has 0 saturated heterocycles. The first kappa shape index (κ1) is 11.8. The van der Waals surface area contributed by atoms with Crippen molar-refractivity contribution in [2.45, 2.75) is 31.8 Å². The van der Waals surface area contributed by atoms with Crippen LogP contribution >= 0.6 is 15.9 Å². The summed E-state index contributed by atoms with van der Waals surface area (Å²) in [5.41, 5.74) is 0. The minimum Gasteiger partial charge on any atom is -0.393 e. The highest BCUT2D eigenvalue weighted by Crippen LogP contribution is 2.25. The van der Waals surface area contributed by atoms with E-state index in [9.17, 15) is 5.11 Å². The lowest BCUT2D eigenvalue weighted by molar-refractivity contribution is 0.111. The summed E-state index contributed by atoms with van der Waals surface area (Å²) in [7, 11) is 0. The molecule has 1 heterocycles. The van der Waals surface area contributed by atoms with Crippen LogP contribution in [0.5, 0.6) is 0 Å². The summed E-state index contributed by atoms with van der Waals surface area (Å²) in [6.45, 7) is 0.919. The smallest absolute Gasteiger partial charge is 0.143 e. The molecule has 5 heteroatoms. The van der Waals surface area contributed by atoms with Gasteiger partial charge in [-0.3, -0.25) is 0 Å². The van der Waals surface area contributed by atoms with Crippen LogP contribution in [-0.2, 0) is 0 Å². The summed E-state index contributed by atoms with van der Waals surface area (Å²) in [6, 6.07) is 0. The zero-order valence-electron chi connectivity index (χ0n) is 9.06. The Hall–Kier alpha value is -0.680. The molecule has 0 unspecified atom stereocenters. The number of aliphatic hydroxyl groups excluding tert-OH is 1. The maximum atomic E-state index is 9.41. The van der Waals surface area contributed by atoms with Crippen LogP contribution in [-0.4, -0.2) is 27.7 Å². The number of hydrogen-bond donors (Lipinski definition) is 2. The van der Waals surface area contributed by atoms with E-state index in [-0.39, 0.29) is 6.10 Å². The largest absolute Gasteiger partial charge is 0.393 e. The number of rotatable bonds is 3. The van der Waals surface area contributed by atoms with E-state index in [1.807, 2.05) is 0 Å². The molecular formula is C11H16BrN3O.